The molecule has 18 heavy (non-hydrogen) atoms. The molecule has 2 unspecified atom stereocenters. The number of rotatable bonds is 7. The Morgan fingerprint density at radius 1 is 1.22 bits per heavy atom. The molecule has 0 bridgehead atoms. The van der Waals surface area contributed by atoms with Gasteiger partial charge >= 0.3 is 0 Å². The Morgan fingerprint density at radius 2 is 2.00 bits per heavy atom. The lowest BCUT2D eigenvalue weighted by Crippen LogP contribution is -2.47. The molecule has 1 N–H and O–H groups in total. The van der Waals surface area contributed by atoms with Crippen LogP contribution in [0.25, 0.3) is 0 Å². The average Bonchev–Trinajstić information content (AvgIpc) is 3.14. The summed E-state index contributed by atoms with van der Waals surface area (Å²) in [6.45, 7) is 11.1. The summed E-state index contributed by atoms with van der Waals surface area (Å²) in [5.74, 6) is 0. The van der Waals surface area contributed by atoms with Gasteiger partial charge in [-0.25, -0.2) is 0 Å². The zero-order valence-corrected chi connectivity index (χ0v) is 12.7. The van der Waals surface area contributed by atoms with Crippen LogP contribution in [0.4, 0.5) is 0 Å². The van der Waals surface area contributed by atoms with Crippen LogP contribution in [-0.2, 0) is 0 Å². The van der Waals surface area contributed by atoms with E-state index in [0.717, 1.165) is 12.1 Å². The van der Waals surface area contributed by atoms with E-state index in [4.69, 9.17) is 0 Å². The standard InChI is InChI=1S/C16H32N2/c1-4-10-16(3,12-17-15-8-9-15)13-18-11-6-5-7-14(18)2/h14-15,17H,4-13H2,1-3H3. The molecule has 0 amide bonds. The van der Waals surface area contributed by atoms with Gasteiger partial charge in [0, 0.05) is 25.2 Å². The maximum absolute atomic E-state index is 3.76. The first-order chi connectivity index (χ1) is 8.63. The van der Waals surface area contributed by atoms with Crippen LogP contribution in [0, 0.1) is 5.41 Å². The predicted octanol–water partition coefficient (Wildman–Crippen LogP) is 3.42. The van der Waals surface area contributed by atoms with Crippen molar-refractivity contribution >= 4 is 0 Å². The smallest absolute Gasteiger partial charge is 0.00684 e. The van der Waals surface area contributed by atoms with E-state index < -0.39 is 0 Å². The lowest BCUT2D eigenvalue weighted by atomic mass is 9.83. The zero-order valence-electron chi connectivity index (χ0n) is 12.7. The molecule has 1 heterocycles. The lowest BCUT2D eigenvalue weighted by Gasteiger charge is -2.41. The molecule has 106 valence electrons. The Labute approximate surface area is 114 Å². The topological polar surface area (TPSA) is 15.3 Å². The minimum absolute atomic E-state index is 0.475. The van der Waals surface area contributed by atoms with Gasteiger partial charge in [-0.2, -0.15) is 0 Å². The molecule has 2 fully saturated rings. The van der Waals surface area contributed by atoms with Crippen LogP contribution in [0.3, 0.4) is 0 Å². The largest absolute Gasteiger partial charge is 0.313 e. The first kappa shape index (κ1) is 14.3. The van der Waals surface area contributed by atoms with E-state index in [1.165, 1.54) is 64.6 Å². The Balaban J connectivity index is 1.85. The van der Waals surface area contributed by atoms with E-state index in [2.05, 4.69) is 31.0 Å². The number of likely N-dealkylation sites (tertiary alicyclic amines) is 1. The summed E-state index contributed by atoms with van der Waals surface area (Å²) in [6.07, 6.45) is 9.72. The van der Waals surface area contributed by atoms with Crippen molar-refractivity contribution in [3.63, 3.8) is 0 Å². The first-order valence-electron chi connectivity index (χ1n) is 8.10. The number of nitrogens with zero attached hydrogens (tertiary/aromatic N) is 1. The molecule has 2 rings (SSSR count). The van der Waals surface area contributed by atoms with E-state index in [9.17, 15) is 0 Å². The predicted molar refractivity (Wildman–Crippen MR) is 78.9 cm³/mol. The maximum atomic E-state index is 3.76. The SMILES string of the molecule is CCCC(C)(CNC1CC1)CN1CCCCC1C. The highest BCUT2D eigenvalue weighted by Crippen LogP contribution is 2.29. The quantitative estimate of drug-likeness (QED) is 0.747. The van der Waals surface area contributed by atoms with Gasteiger partial charge in [0.05, 0.1) is 0 Å². The maximum Gasteiger partial charge on any atom is 0.00684 e. The molecule has 2 nitrogen and oxygen atoms in total. The molecule has 1 aliphatic carbocycles. The fraction of sp³-hybridized carbons (Fsp3) is 1.00. The van der Waals surface area contributed by atoms with Gasteiger partial charge in [0.2, 0.25) is 0 Å². The van der Waals surface area contributed by atoms with Crippen molar-refractivity contribution in [1.82, 2.24) is 10.2 Å². The second-order valence-electron chi connectivity index (χ2n) is 7.03. The van der Waals surface area contributed by atoms with Crippen molar-refractivity contribution < 1.29 is 0 Å². The Bertz CT molecular complexity index is 249. The summed E-state index contributed by atoms with van der Waals surface area (Å²) in [7, 11) is 0. The van der Waals surface area contributed by atoms with Crippen molar-refractivity contribution in [1.29, 1.82) is 0 Å². The summed E-state index contributed by atoms with van der Waals surface area (Å²) < 4.78 is 0. The van der Waals surface area contributed by atoms with Gasteiger partial charge in [-0.3, -0.25) is 0 Å². The minimum Gasteiger partial charge on any atom is -0.313 e. The molecular formula is C16H32N2. The number of piperidine rings is 1. The molecular weight excluding hydrogens is 220 g/mol. The van der Waals surface area contributed by atoms with Crippen LogP contribution in [-0.4, -0.2) is 36.6 Å². The van der Waals surface area contributed by atoms with Crippen molar-refractivity contribution in [2.45, 2.75) is 77.8 Å². The molecule has 2 heteroatoms. The first-order valence-corrected chi connectivity index (χ1v) is 8.10. The molecule has 0 aromatic carbocycles. The number of hydrogen-bond acceptors (Lipinski definition) is 2. The van der Waals surface area contributed by atoms with Gasteiger partial charge in [0.25, 0.3) is 0 Å². The van der Waals surface area contributed by atoms with E-state index >= 15 is 0 Å². The fourth-order valence-corrected chi connectivity index (χ4v) is 3.39. The van der Waals surface area contributed by atoms with Crippen molar-refractivity contribution in [2.75, 3.05) is 19.6 Å². The monoisotopic (exact) mass is 252 g/mol. The third kappa shape index (κ3) is 4.24. The molecule has 0 aromatic rings. The van der Waals surface area contributed by atoms with E-state index in [0.29, 0.717) is 5.41 Å². The second-order valence-corrected chi connectivity index (χ2v) is 7.03. The Morgan fingerprint density at radius 3 is 2.61 bits per heavy atom. The highest BCUT2D eigenvalue weighted by atomic mass is 15.2. The minimum atomic E-state index is 0.475. The van der Waals surface area contributed by atoms with Crippen LogP contribution >= 0.6 is 0 Å². The van der Waals surface area contributed by atoms with Gasteiger partial charge in [-0.15, -0.1) is 0 Å². The van der Waals surface area contributed by atoms with Gasteiger partial charge in [0.15, 0.2) is 0 Å². The van der Waals surface area contributed by atoms with E-state index in [1.807, 2.05) is 0 Å². The number of hydrogen-bond donors (Lipinski definition) is 1. The molecule has 2 aliphatic rings. The van der Waals surface area contributed by atoms with Crippen LogP contribution in [0.5, 0.6) is 0 Å². The summed E-state index contributed by atoms with van der Waals surface area (Å²) in [5.41, 5.74) is 0.475. The molecule has 0 spiro atoms. The van der Waals surface area contributed by atoms with E-state index in [1.54, 1.807) is 0 Å². The molecule has 1 aliphatic heterocycles. The zero-order chi connectivity index (χ0) is 13.0. The van der Waals surface area contributed by atoms with Crippen molar-refractivity contribution in [2.24, 2.45) is 5.41 Å². The van der Waals surface area contributed by atoms with Crippen molar-refractivity contribution in [3.8, 4) is 0 Å². The molecule has 0 aromatic heterocycles. The highest BCUT2D eigenvalue weighted by molar-refractivity contribution is 4.88. The fourth-order valence-electron chi connectivity index (χ4n) is 3.39. The molecule has 1 saturated heterocycles. The van der Waals surface area contributed by atoms with Crippen LogP contribution < -0.4 is 5.32 Å². The van der Waals surface area contributed by atoms with Crippen molar-refractivity contribution in [3.05, 3.63) is 0 Å². The summed E-state index contributed by atoms with van der Waals surface area (Å²) in [5, 5.41) is 3.76. The van der Waals surface area contributed by atoms with Crippen LogP contribution in [0.15, 0.2) is 0 Å². The van der Waals surface area contributed by atoms with Crippen LogP contribution in [0.1, 0.15) is 65.7 Å². The van der Waals surface area contributed by atoms with Gasteiger partial charge in [0.1, 0.15) is 0 Å². The summed E-state index contributed by atoms with van der Waals surface area (Å²) in [4.78, 5) is 2.74. The summed E-state index contributed by atoms with van der Waals surface area (Å²) >= 11 is 0. The highest BCUT2D eigenvalue weighted by Gasteiger charge is 2.31. The Hall–Kier alpha value is -0.0800. The van der Waals surface area contributed by atoms with Gasteiger partial charge < -0.3 is 10.2 Å². The summed E-state index contributed by atoms with van der Waals surface area (Å²) in [6, 6.07) is 1.65. The molecule has 2 atom stereocenters. The van der Waals surface area contributed by atoms with Gasteiger partial charge in [-0.05, 0) is 51.0 Å². The second kappa shape index (κ2) is 6.38. The molecule has 1 saturated carbocycles. The van der Waals surface area contributed by atoms with E-state index in [-0.39, 0.29) is 0 Å². The van der Waals surface area contributed by atoms with Gasteiger partial charge in [-0.1, -0.05) is 26.7 Å². The third-order valence-corrected chi connectivity index (χ3v) is 4.77. The van der Waals surface area contributed by atoms with Crippen LogP contribution in [0.2, 0.25) is 0 Å². The lowest BCUT2D eigenvalue weighted by molar-refractivity contribution is 0.0897. The Kier molecular flexibility index (Phi) is 5.08. The molecule has 0 radical (unpaired) electrons. The third-order valence-electron chi connectivity index (χ3n) is 4.77. The normalized spacial score (nSPS) is 29.2. The number of nitrogens with one attached hydrogen (secondary N) is 1. The average molecular weight is 252 g/mol.